The van der Waals surface area contributed by atoms with Gasteiger partial charge in [0.25, 0.3) is 0 Å². The van der Waals surface area contributed by atoms with Crippen LogP contribution in [0.25, 0.3) is 60.5 Å². The van der Waals surface area contributed by atoms with Crippen molar-refractivity contribution in [1.29, 1.82) is 0 Å². The maximum atomic E-state index is 2.40. The fraction of sp³-hybridized carbons (Fsp3) is 0. The van der Waals surface area contributed by atoms with Crippen molar-refractivity contribution in [3.63, 3.8) is 0 Å². The van der Waals surface area contributed by atoms with E-state index in [1.807, 2.05) is 0 Å². The maximum absolute atomic E-state index is 2.40. The van der Waals surface area contributed by atoms with Gasteiger partial charge in [0.1, 0.15) is 0 Å². The van der Waals surface area contributed by atoms with Crippen molar-refractivity contribution >= 4 is 49.6 Å². The Morgan fingerprint density at radius 1 is 0.375 bits per heavy atom. The molecule has 0 saturated carbocycles. The molecule has 0 atom stereocenters. The van der Waals surface area contributed by atoms with E-state index in [0.29, 0.717) is 0 Å². The van der Waals surface area contributed by atoms with Gasteiger partial charge in [-0.2, -0.15) is 0 Å². The van der Waals surface area contributed by atoms with E-state index in [1.54, 1.807) is 0 Å². The summed E-state index contributed by atoms with van der Waals surface area (Å²) in [5.41, 5.74) is 11.7. The first-order valence-corrected chi connectivity index (χ1v) is 16.5. The predicted octanol–water partition coefficient (Wildman–Crippen LogP) is 12.7. The first-order valence-electron chi connectivity index (χ1n) is 16.5. The molecule has 9 aromatic rings. The highest BCUT2D eigenvalue weighted by atomic mass is 15.1. The highest BCUT2D eigenvalue weighted by molar-refractivity contribution is 6.17. The number of nitrogens with zero attached hydrogens (tertiary/aromatic N) is 2. The summed E-state index contributed by atoms with van der Waals surface area (Å²) in [6.07, 6.45) is 0. The second-order valence-corrected chi connectivity index (χ2v) is 12.2. The van der Waals surface area contributed by atoms with Crippen LogP contribution in [0.1, 0.15) is 0 Å². The van der Waals surface area contributed by atoms with Crippen molar-refractivity contribution in [2.24, 2.45) is 0 Å². The number of rotatable bonds is 6. The first kappa shape index (κ1) is 27.9. The Morgan fingerprint density at radius 2 is 0.958 bits per heavy atom. The molecule has 0 aliphatic rings. The summed E-state index contributed by atoms with van der Waals surface area (Å²) in [4.78, 5) is 2.40. The van der Waals surface area contributed by atoms with Crippen molar-refractivity contribution in [3.05, 3.63) is 194 Å². The van der Waals surface area contributed by atoms with E-state index in [0.717, 1.165) is 22.7 Å². The van der Waals surface area contributed by atoms with E-state index in [4.69, 9.17) is 0 Å². The van der Waals surface area contributed by atoms with Crippen LogP contribution in [0.15, 0.2) is 194 Å². The van der Waals surface area contributed by atoms with E-state index in [9.17, 15) is 0 Å². The van der Waals surface area contributed by atoms with Crippen LogP contribution < -0.4 is 4.90 Å². The van der Waals surface area contributed by atoms with Gasteiger partial charge in [0, 0.05) is 33.4 Å². The molecular formula is C46H32N2. The van der Waals surface area contributed by atoms with E-state index < -0.39 is 0 Å². The van der Waals surface area contributed by atoms with E-state index in [1.165, 1.54) is 54.8 Å². The minimum atomic E-state index is 1.11. The molecule has 0 unspecified atom stereocenters. The van der Waals surface area contributed by atoms with Crippen LogP contribution in [0.3, 0.4) is 0 Å². The summed E-state index contributed by atoms with van der Waals surface area (Å²) in [7, 11) is 0. The van der Waals surface area contributed by atoms with Gasteiger partial charge in [-0.15, -0.1) is 0 Å². The molecule has 0 aliphatic heterocycles. The van der Waals surface area contributed by atoms with Crippen molar-refractivity contribution in [2.75, 3.05) is 4.90 Å². The molecule has 0 N–H and O–H groups in total. The lowest BCUT2D eigenvalue weighted by Gasteiger charge is -2.28. The number of fused-ring (bicyclic) bond motifs is 4. The van der Waals surface area contributed by atoms with Gasteiger partial charge in [-0.1, -0.05) is 140 Å². The fourth-order valence-electron chi connectivity index (χ4n) is 7.29. The molecule has 0 spiro atoms. The van der Waals surface area contributed by atoms with Gasteiger partial charge in [0.15, 0.2) is 0 Å². The quantitative estimate of drug-likeness (QED) is 0.181. The third-order valence-electron chi connectivity index (χ3n) is 9.37. The lowest BCUT2D eigenvalue weighted by molar-refractivity contribution is 1.18. The molecule has 0 saturated heterocycles. The van der Waals surface area contributed by atoms with Crippen LogP contribution in [-0.2, 0) is 0 Å². The standard InChI is InChI=1S/C46H32N2/c1-3-19-35(20-4-1)47(37-23-13-18-34(32-37)39-27-14-17-33-16-7-8-24-38(33)39)43-29-11-9-25-40(43)41-28-15-31-45-46(41)42-26-10-12-30-44(42)48(45)36-21-5-2-6-22-36/h1-32H. The number of anilines is 3. The van der Waals surface area contributed by atoms with Crippen LogP contribution in [0.2, 0.25) is 0 Å². The molecule has 0 amide bonds. The summed E-state index contributed by atoms with van der Waals surface area (Å²) in [6, 6.07) is 69.8. The Hall–Kier alpha value is -6.38. The third kappa shape index (κ3) is 4.66. The fourth-order valence-corrected chi connectivity index (χ4v) is 7.29. The van der Waals surface area contributed by atoms with Gasteiger partial charge in [0.05, 0.1) is 16.7 Å². The Balaban J connectivity index is 1.28. The molecule has 8 aromatic carbocycles. The predicted molar refractivity (Wildman–Crippen MR) is 204 cm³/mol. The number of para-hydroxylation sites is 4. The lowest BCUT2D eigenvalue weighted by Crippen LogP contribution is -2.11. The Bertz CT molecular complexity index is 2560. The van der Waals surface area contributed by atoms with Crippen molar-refractivity contribution in [1.82, 2.24) is 4.57 Å². The molecule has 226 valence electrons. The van der Waals surface area contributed by atoms with Crippen LogP contribution >= 0.6 is 0 Å². The van der Waals surface area contributed by atoms with Gasteiger partial charge in [-0.05, 0) is 82.1 Å². The molecule has 9 rings (SSSR count). The van der Waals surface area contributed by atoms with E-state index in [2.05, 4.69) is 204 Å². The molecule has 0 radical (unpaired) electrons. The number of aromatic nitrogens is 1. The molecule has 1 aromatic heterocycles. The van der Waals surface area contributed by atoms with Crippen molar-refractivity contribution in [2.45, 2.75) is 0 Å². The van der Waals surface area contributed by atoms with Crippen molar-refractivity contribution in [3.8, 4) is 27.9 Å². The van der Waals surface area contributed by atoms with Crippen molar-refractivity contribution < 1.29 is 0 Å². The highest BCUT2D eigenvalue weighted by Gasteiger charge is 2.21. The Morgan fingerprint density at radius 3 is 1.83 bits per heavy atom. The lowest BCUT2D eigenvalue weighted by atomic mass is 9.96. The normalized spacial score (nSPS) is 11.3. The third-order valence-corrected chi connectivity index (χ3v) is 9.37. The number of benzene rings is 8. The van der Waals surface area contributed by atoms with E-state index in [-0.39, 0.29) is 0 Å². The summed E-state index contributed by atoms with van der Waals surface area (Å²) >= 11 is 0. The number of hydrogen-bond acceptors (Lipinski definition) is 1. The maximum Gasteiger partial charge on any atom is 0.0547 e. The average Bonchev–Trinajstić information content (AvgIpc) is 3.51. The van der Waals surface area contributed by atoms with E-state index >= 15 is 0 Å². The van der Waals surface area contributed by atoms with Gasteiger partial charge in [0.2, 0.25) is 0 Å². The minimum absolute atomic E-state index is 1.11. The summed E-state index contributed by atoms with van der Waals surface area (Å²) in [6.45, 7) is 0. The van der Waals surface area contributed by atoms with Gasteiger partial charge >= 0.3 is 0 Å². The summed E-state index contributed by atoms with van der Waals surface area (Å²) < 4.78 is 2.39. The average molecular weight is 613 g/mol. The molecule has 2 heteroatoms. The molecule has 1 heterocycles. The molecular weight excluding hydrogens is 581 g/mol. The van der Waals surface area contributed by atoms with Crippen LogP contribution in [0.5, 0.6) is 0 Å². The summed E-state index contributed by atoms with van der Waals surface area (Å²) in [5, 5.41) is 4.99. The SMILES string of the molecule is c1ccc(N(c2cccc(-c3cccc4ccccc34)c2)c2ccccc2-c2cccc3c2c2ccccc2n3-c2ccccc2)cc1. The minimum Gasteiger partial charge on any atom is -0.310 e. The monoisotopic (exact) mass is 612 g/mol. The molecule has 0 fully saturated rings. The van der Waals surface area contributed by atoms with Crippen LogP contribution in [0, 0.1) is 0 Å². The van der Waals surface area contributed by atoms with Gasteiger partial charge in [-0.25, -0.2) is 0 Å². The van der Waals surface area contributed by atoms with Crippen LogP contribution in [0.4, 0.5) is 17.1 Å². The Labute approximate surface area is 280 Å². The zero-order valence-corrected chi connectivity index (χ0v) is 26.4. The summed E-state index contributed by atoms with van der Waals surface area (Å²) in [5.74, 6) is 0. The molecule has 0 bridgehead atoms. The molecule has 0 aliphatic carbocycles. The van der Waals surface area contributed by atoms with Crippen LogP contribution in [-0.4, -0.2) is 4.57 Å². The Kier molecular flexibility index (Phi) is 6.84. The molecule has 48 heavy (non-hydrogen) atoms. The highest BCUT2D eigenvalue weighted by Crippen LogP contribution is 2.45. The zero-order chi connectivity index (χ0) is 31.9. The number of hydrogen-bond donors (Lipinski definition) is 0. The molecule has 2 nitrogen and oxygen atoms in total. The first-order chi connectivity index (χ1) is 23.8. The van der Waals surface area contributed by atoms with Gasteiger partial charge < -0.3 is 9.47 Å². The smallest absolute Gasteiger partial charge is 0.0547 e. The van der Waals surface area contributed by atoms with Gasteiger partial charge in [-0.3, -0.25) is 0 Å². The second kappa shape index (κ2) is 11.8. The largest absolute Gasteiger partial charge is 0.310 e. The second-order valence-electron chi connectivity index (χ2n) is 12.2. The topological polar surface area (TPSA) is 8.17 Å². The zero-order valence-electron chi connectivity index (χ0n) is 26.4.